The number of benzene rings is 3. The van der Waals surface area contributed by atoms with Crippen LogP contribution >= 0.6 is 27.5 Å². The summed E-state index contributed by atoms with van der Waals surface area (Å²) in [6.45, 7) is 0. The summed E-state index contributed by atoms with van der Waals surface area (Å²) >= 11 is 9.13. The van der Waals surface area contributed by atoms with Crippen LogP contribution in [-0.4, -0.2) is 11.9 Å². The van der Waals surface area contributed by atoms with E-state index in [-0.39, 0.29) is 5.57 Å². The van der Waals surface area contributed by atoms with Gasteiger partial charge >= 0.3 is 5.97 Å². The van der Waals surface area contributed by atoms with Crippen LogP contribution in [0.3, 0.4) is 0 Å². The summed E-state index contributed by atoms with van der Waals surface area (Å²) < 4.78 is 6.20. The van der Waals surface area contributed by atoms with Gasteiger partial charge in [-0.25, -0.2) is 4.79 Å². The molecule has 0 bridgehead atoms. The highest BCUT2D eigenvalue weighted by atomic mass is 79.9. The number of carbonyl (C=O) groups excluding carboxylic acids is 2. The number of hydrogen-bond donors (Lipinski definition) is 1. The van der Waals surface area contributed by atoms with Gasteiger partial charge in [-0.05, 0) is 72.3 Å². The molecule has 3 aromatic carbocycles. The van der Waals surface area contributed by atoms with Gasteiger partial charge in [0.1, 0.15) is 17.4 Å². The number of nitrogens with zero attached hydrogens (tertiary/aromatic N) is 1. The SMILES string of the molecule is N#C/C(=C/c1ccc(OC(=O)c2ccc(Br)cc2)cc1)C(=O)Nc1ccc(Cl)cc1. The Labute approximate surface area is 186 Å². The molecule has 7 heteroatoms. The fourth-order valence-corrected chi connectivity index (χ4v) is 2.82. The van der Waals surface area contributed by atoms with Crippen LogP contribution in [0.5, 0.6) is 5.75 Å². The molecule has 0 spiro atoms. The molecule has 0 radical (unpaired) electrons. The maximum absolute atomic E-state index is 12.3. The van der Waals surface area contributed by atoms with E-state index in [0.717, 1.165) is 4.47 Å². The standard InChI is InChI=1S/C23H14BrClN2O3/c24-18-5-3-16(4-6-18)23(29)30-21-11-1-15(2-12-21)13-17(14-26)22(28)27-20-9-7-19(25)8-10-20/h1-13H,(H,27,28)/b17-13-. The number of nitrogens with one attached hydrogen (secondary N) is 1. The number of carbonyl (C=O) groups is 2. The second kappa shape index (κ2) is 9.88. The molecule has 0 unspecified atom stereocenters. The maximum atomic E-state index is 12.3. The summed E-state index contributed by atoms with van der Waals surface area (Å²) in [5.74, 6) is -0.666. The summed E-state index contributed by atoms with van der Waals surface area (Å²) in [5, 5.41) is 12.5. The van der Waals surface area contributed by atoms with Gasteiger partial charge < -0.3 is 10.1 Å². The van der Waals surface area contributed by atoms with E-state index in [2.05, 4.69) is 21.2 Å². The van der Waals surface area contributed by atoms with Crippen molar-refractivity contribution in [3.63, 3.8) is 0 Å². The Bertz CT molecular complexity index is 1130. The predicted octanol–water partition coefficient (Wildman–Crippen LogP) is 5.87. The van der Waals surface area contributed by atoms with Gasteiger partial charge in [-0.2, -0.15) is 5.26 Å². The fraction of sp³-hybridized carbons (Fsp3) is 0. The zero-order valence-electron chi connectivity index (χ0n) is 15.4. The van der Waals surface area contributed by atoms with Gasteiger partial charge in [-0.3, -0.25) is 4.79 Å². The molecule has 0 saturated heterocycles. The molecular formula is C23H14BrClN2O3. The highest BCUT2D eigenvalue weighted by Gasteiger charge is 2.11. The van der Waals surface area contributed by atoms with Gasteiger partial charge in [0.15, 0.2) is 0 Å². The monoisotopic (exact) mass is 480 g/mol. The highest BCUT2D eigenvalue weighted by molar-refractivity contribution is 9.10. The first-order valence-electron chi connectivity index (χ1n) is 8.71. The van der Waals surface area contributed by atoms with Crippen LogP contribution in [0.4, 0.5) is 5.69 Å². The Balaban J connectivity index is 1.67. The lowest BCUT2D eigenvalue weighted by atomic mass is 10.1. The van der Waals surface area contributed by atoms with Crippen molar-refractivity contribution in [1.82, 2.24) is 0 Å². The molecule has 148 valence electrons. The van der Waals surface area contributed by atoms with Crippen LogP contribution in [0.15, 0.2) is 82.8 Å². The lowest BCUT2D eigenvalue weighted by Gasteiger charge is -2.06. The smallest absolute Gasteiger partial charge is 0.343 e. The molecule has 3 aromatic rings. The minimum atomic E-state index is -0.537. The molecule has 0 aromatic heterocycles. The Kier molecular flexibility index (Phi) is 7.02. The number of esters is 1. The quantitative estimate of drug-likeness (QED) is 0.214. The average Bonchev–Trinajstić information content (AvgIpc) is 2.75. The Morgan fingerprint density at radius 3 is 2.20 bits per heavy atom. The van der Waals surface area contributed by atoms with Gasteiger partial charge in [0.05, 0.1) is 5.56 Å². The topological polar surface area (TPSA) is 79.2 Å². The third-order valence-electron chi connectivity index (χ3n) is 3.95. The van der Waals surface area contributed by atoms with E-state index in [4.69, 9.17) is 16.3 Å². The Morgan fingerprint density at radius 2 is 1.60 bits per heavy atom. The minimum absolute atomic E-state index is 0.0652. The fourth-order valence-electron chi connectivity index (χ4n) is 2.43. The maximum Gasteiger partial charge on any atom is 0.343 e. The van der Waals surface area contributed by atoms with Crippen molar-refractivity contribution in [2.75, 3.05) is 5.32 Å². The van der Waals surface area contributed by atoms with Crippen molar-refractivity contribution in [1.29, 1.82) is 5.26 Å². The van der Waals surface area contributed by atoms with Gasteiger partial charge in [0, 0.05) is 15.2 Å². The summed E-state index contributed by atoms with van der Waals surface area (Å²) in [6, 6.07) is 21.8. The van der Waals surface area contributed by atoms with Crippen LogP contribution < -0.4 is 10.1 Å². The van der Waals surface area contributed by atoms with E-state index in [0.29, 0.717) is 27.6 Å². The second-order valence-electron chi connectivity index (χ2n) is 6.10. The number of ether oxygens (including phenoxy) is 1. The molecule has 3 rings (SSSR count). The number of hydrogen-bond acceptors (Lipinski definition) is 4. The minimum Gasteiger partial charge on any atom is -0.423 e. The summed E-state index contributed by atoms with van der Waals surface area (Å²) in [5.41, 5.74) is 1.50. The number of anilines is 1. The van der Waals surface area contributed by atoms with Crippen molar-refractivity contribution < 1.29 is 14.3 Å². The Hall–Kier alpha value is -3.40. The molecule has 1 amide bonds. The molecule has 0 heterocycles. The number of nitriles is 1. The zero-order valence-corrected chi connectivity index (χ0v) is 17.8. The summed E-state index contributed by atoms with van der Waals surface area (Å²) in [6.07, 6.45) is 1.45. The van der Waals surface area contributed by atoms with E-state index < -0.39 is 11.9 Å². The van der Waals surface area contributed by atoms with E-state index in [1.807, 2.05) is 6.07 Å². The van der Waals surface area contributed by atoms with Crippen molar-refractivity contribution in [3.05, 3.63) is 99.0 Å². The van der Waals surface area contributed by atoms with Crippen LogP contribution in [0.25, 0.3) is 6.08 Å². The molecule has 1 N–H and O–H groups in total. The third-order valence-corrected chi connectivity index (χ3v) is 4.73. The molecule has 0 aliphatic carbocycles. The number of amides is 1. The molecular weight excluding hydrogens is 468 g/mol. The first kappa shape index (κ1) is 21.3. The van der Waals surface area contributed by atoms with Crippen molar-refractivity contribution in [2.24, 2.45) is 0 Å². The van der Waals surface area contributed by atoms with Gasteiger partial charge in [0.2, 0.25) is 0 Å². The predicted molar refractivity (Wildman–Crippen MR) is 119 cm³/mol. The third kappa shape index (κ3) is 5.80. The Morgan fingerprint density at radius 1 is 0.967 bits per heavy atom. The molecule has 0 saturated carbocycles. The van der Waals surface area contributed by atoms with Crippen LogP contribution in [0.1, 0.15) is 15.9 Å². The average molecular weight is 482 g/mol. The van der Waals surface area contributed by atoms with E-state index in [9.17, 15) is 14.9 Å². The molecule has 0 aliphatic rings. The molecule has 0 fully saturated rings. The van der Waals surface area contributed by atoms with Gasteiger partial charge in [-0.15, -0.1) is 0 Å². The van der Waals surface area contributed by atoms with E-state index >= 15 is 0 Å². The van der Waals surface area contributed by atoms with Crippen molar-refractivity contribution in [2.45, 2.75) is 0 Å². The molecule has 0 atom stereocenters. The lowest BCUT2D eigenvalue weighted by Crippen LogP contribution is -2.13. The zero-order chi connectivity index (χ0) is 21.5. The van der Waals surface area contributed by atoms with Crippen LogP contribution in [-0.2, 0) is 4.79 Å². The first-order chi connectivity index (χ1) is 14.4. The van der Waals surface area contributed by atoms with E-state index in [1.54, 1.807) is 72.8 Å². The summed E-state index contributed by atoms with van der Waals surface area (Å²) in [4.78, 5) is 24.5. The van der Waals surface area contributed by atoms with Crippen molar-refractivity contribution in [3.8, 4) is 11.8 Å². The molecule has 5 nitrogen and oxygen atoms in total. The number of rotatable bonds is 5. The van der Waals surface area contributed by atoms with E-state index in [1.165, 1.54) is 6.08 Å². The number of halogens is 2. The molecule has 30 heavy (non-hydrogen) atoms. The van der Waals surface area contributed by atoms with Crippen LogP contribution in [0, 0.1) is 11.3 Å². The van der Waals surface area contributed by atoms with Crippen LogP contribution in [0.2, 0.25) is 5.02 Å². The van der Waals surface area contributed by atoms with Gasteiger partial charge in [-0.1, -0.05) is 39.7 Å². The second-order valence-corrected chi connectivity index (χ2v) is 7.45. The lowest BCUT2D eigenvalue weighted by molar-refractivity contribution is -0.112. The van der Waals surface area contributed by atoms with Gasteiger partial charge in [0.25, 0.3) is 5.91 Å². The molecule has 0 aliphatic heterocycles. The first-order valence-corrected chi connectivity index (χ1v) is 9.88. The van der Waals surface area contributed by atoms with Crippen molar-refractivity contribution >= 4 is 51.2 Å². The summed E-state index contributed by atoms with van der Waals surface area (Å²) in [7, 11) is 0. The normalized spacial score (nSPS) is 10.8. The largest absolute Gasteiger partial charge is 0.423 e. The highest BCUT2D eigenvalue weighted by Crippen LogP contribution is 2.18.